The standard InChI is InChI=1S/C20H28N4/c1-3-5-7-8-9-14-11-12-15-16(13-14)22-20(21)19-18(15)23-17(24-19)10-6-4-2/h11-13H,3-10H2,1-2H3,(H2,21,22)(H,23,24). The van der Waals surface area contributed by atoms with Crippen molar-refractivity contribution in [2.75, 3.05) is 5.73 Å². The topological polar surface area (TPSA) is 67.6 Å². The predicted molar refractivity (Wildman–Crippen MR) is 102 cm³/mol. The van der Waals surface area contributed by atoms with E-state index in [-0.39, 0.29) is 0 Å². The zero-order valence-electron chi connectivity index (χ0n) is 14.9. The van der Waals surface area contributed by atoms with Gasteiger partial charge in [-0.2, -0.15) is 0 Å². The second kappa shape index (κ2) is 7.65. The largest absolute Gasteiger partial charge is 0.382 e. The van der Waals surface area contributed by atoms with E-state index in [1.54, 1.807) is 0 Å². The van der Waals surface area contributed by atoms with Crippen molar-refractivity contribution >= 4 is 27.8 Å². The summed E-state index contributed by atoms with van der Waals surface area (Å²) in [6.45, 7) is 4.43. The lowest BCUT2D eigenvalue weighted by molar-refractivity contribution is 0.667. The molecule has 0 fully saturated rings. The average Bonchev–Trinajstić information content (AvgIpc) is 3.02. The molecule has 4 heteroatoms. The molecule has 0 aliphatic rings. The van der Waals surface area contributed by atoms with Gasteiger partial charge in [-0.1, -0.05) is 51.7 Å². The fourth-order valence-corrected chi connectivity index (χ4v) is 3.23. The normalized spacial score (nSPS) is 11.6. The quantitative estimate of drug-likeness (QED) is 0.562. The van der Waals surface area contributed by atoms with Crippen LogP contribution in [0.1, 0.15) is 63.8 Å². The van der Waals surface area contributed by atoms with Crippen molar-refractivity contribution < 1.29 is 0 Å². The van der Waals surface area contributed by atoms with Crippen molar-refractivity contribution in [2.24, 2.45) is 0 Å². The maximum atomic E-state index is 6.17. The van der Waals surface area contributed by atoms with Gasteiger partial charge in [-0.25, -0.2) is 9.97 Å². The third-order valence-corrected chi connectivity index (χ3v) is 4.65. The lowest BCUT2D eigenvalue weighted by Gasteiger charge is -2.05. The average molecular weight is 324 g/mol. The summed E-state index contributed by atoms with van der Waals surface area (Å²) in [5, 5.41) is 1.09. The molecule has 2 aromatic heterocycles. The number of fused-ring (bicyclic) bond motifs is 3. The number of benzene rings is 1. The molecule has 0 aliphatic heterocycles. The summed E-state index contributed by atoms with van der Waals surface area (Å²) >= 11 is 0. The van der Waals surface area contributed by atoms with Crippen molar-refractivity contribution in [1.29, 1.82) is 0 Å². The number of aromatic nitrogens is 3. The molecule has 0 spiro atoms. The highest BCUT2D eigenvalue weighted by molar-refractivity contribution is 6.06. The number of hydrogen-bond acceptors (Lipinski definition) is 3. The van der Waals surface area contributed by atoms with E-state index in [1.165, 1.54) is 31.2 Å². The molecule has 0 bridgehead atoms. The van der Waals surface area contributed by atoms with Crippen LogP contribution in [0.25, 0.3) is 21.9 Å². The van der Waals surface area contributed by atoms with Crippen LogP contribution in [0.2, 0.25) is 0 Å². The fraction of sp³-hybridized carbons (Fsp3) is 0.500. The summed E-state index contributed by atoms with van der Waals surface area (Å²) in [5.41, 5.74) is 10.3. The number of nitrogens with one attached hydrogen (secondary N) is 1. The molecule has 24 heavy (non-hydrogen) atoms. The van der Waals surface area contributed by atoms with E-state index < -0.39 is 0 Å². The molecule has 0 aliphatic carbocycles. The molecule has 0 radical (unpaired) electrons. The van der Waals surface area contributed by atoms with Gasteiger partial charge >= 0.3 is 0 Å². The molecule has 3 N–H and O–H groups in total. The fourth-order valence-electron chi connectivity index (χ4n) is 3.23. The Balaban J connectivity index is 1.91. The minimum absolute atomic E-state index is 0.552. The van der Waals surface area contributed by atoms with Crippen LogP contribution in [0.3, 0.4) is 0 Å². The molecule has 0 saturated heterocycles. The van der Waals surface area contributed by atoms with E-state index in [1.807, 2.05) is 0 Å². The SMILES string of the molecule is CCCCCCc1ccc2c(c1)nc(N)c1[nH]c(CCCC)nc12. The Bertz CT molecular complexity index is 819. The first kappa shape index (κ1) is 16.7. The van der Waals surface area contributed by atoms with Crippen LogP contribution in [0.5, 0.6) is 0 Å². The van der Waals surface area contributed by atoms with Crippen LogP contribution >= 0.6 is 0 Å². The monoisotopic (exact) mass is 324 g/mol. The minimum atomic E-state index is 0.552. The van der Waals surface area contributed by atoms with Crippen molar-refractivity contribution in [2.45, 2.75) is 65.2 Å². The summed E-state index contributed by atoms with van der Waals surface area (Å²) in [4.78, 5) is 12.7. The Kier molecular flexibility index (Phi) is 5.34. The first-order valence-electron chi connectivity index (χ1n) is 9.29. The number of imidazole rings is 1. The Morgan fingerprint density at radius 3 is 2.58 bits per heavy atom. The van der Waals surface area contributed by atoms with E-state index in [0.717, 1.165) is 53.4 Å². The van der Waals surface area contributed by atoms with Crippen LogP contribution in [-0.2, 0) is 12.8 Å². The second-order valence-electron chi connectivity index (χ2n) is 6.67. The van der Waals surface area contributed by atoms with E-state index in [0.29, 0.717) is 5.82 Å². The number of nitrogens with zero attached hydrogens (tertiary/aromatic N) is 2. The Morgan fingerprint density at radius 2 is 1.79 bits per heavy atom. The predicted octanol–water partition coefficient (Wildman–Crippen LogP) is 5.16. The molecule has 0 atom stereocenters. The number of nitrogen functional groups attached to an aromatic ring is 1. The minimum Gasteiger partial charge on any atom is -0.382 e. The summed E-state index contributed by atoms with van der Waals surface area (Å²) in [7, 11) is 0. The third-order valence-electron chi connectivity index (χ3n) is 4.65. The van der Waals surface area contributed by atoms with E-state index in [9.17, 15) is 0 Å². The molecule has 128 valence electrons. The van der Waals surface area contributed by atoms with Gasteiger partial charge in [0.25, 0.3) is 0 Å². The number of hydrogen-bond donors (Lipinski definition) is 2. The molecular formula is C20H28N4. The Labute approximate surface area is 143 Å². The lowest BCUT2D eigenvalue weighted by atomic mass is 10.0. The van der Waals surface area contributed by atoms with Crippen LogP contribution in [0.4, 0.5) is 5.82 Å². The molecule has 3 aromatic rings. The van der Waals surface area contributed by atoms with E-state index >= 15 is 0 Å². The van der Waals surface area contributed by atoms with Gasteiger partial charge in [-0.3, -0.25) is 0 Å². The molecule has 4 nitrogen and oxygen atoms in total. The number of aryl methyl sites for hydroxylation is 2. The maximum absolute atomic E-state index is 6.17. The van der Waals surface area contributed by atoms with E-state index in [4.69, 9.17) is 10.7 Å². The van der Waals surface area contributed by atoms with Crippen molar-refractivity contribution in [1.82, 2.24) is 15.0 Å². The number of unbranched alkanes of at least 4 members (excludes halogenated alkanes) is 4. The summed E-state index contributed by atoms with van der Waals surface area (Å²) in [5.74, 6) is 1.56. The second-order valence-corrected chi connectivity index (χ2v) is 6.67. The van der Waals surface area contributed by atoms with Gasteiger partial charge in [0.05, 0.1) is 5.52 Å². The maximum Gasteiger partial charge on any atom is 0.150 e. The van der Waals surface area contributed by atoms with Gasteiger partial charge in [0, 0.05) is 11.8 Å². The third kappa shape index (κ3) is 3.53. The first-order valence-corrected chi connectivity index (χ1v) is 9.29. The van der Waals surface area contributed by atoms with Crippen LogP contribution < -0.4 is 5.73 Å². The first-order chi connectivity index (χ1) is 11.7. The Hall–Kier alpha value is -2.10. The summed E-state index contributed by atoms with van der Waals surface area (Å²) < 4.78 is 0. The zero-order chi connectivity index (χ0) is 16.9. The number of anilines is 1. The summed E-state index contributed by atoms with van der Waals surface area (Å²) in [6.07, 6.45) is 9.48. The molecule has 2 heterocycles. The van der Waals surface area contributed by atoms with Gasteiger partial charge in [-0.15, -0.1) is 0 Å². The molecule has 1 aromatic carbocycles. The number of nitrogens with two attached hydrogens (primary N) is 1. The number of rotatable bonds is 8. The molecule has 0 amide bonds. The van der Waals surface area contributed by atoms with Crippen molar-refractivity contribution in [3.05, 3.63) is 29.6 Å². The zero-order valence-corrected chi connectivity index (χ0v) is 14.9. The van der Waals surface area contributed by atoms with Gasteiger partial charge in [0.15, 0.2) is 0 Å². The van der Waals surface area contributed by atoms with E-state index in [2.05, 4.69) is 42.0 Å². The van der Waals surface area contributed by atoms with Crippen molar-refractivity contribution in [3.63, 3.8) is 0 Å². The lowest BCUT2D eigenvalue weighted by Crippen LogP contribution is -1.94. The number of pyridine rings is 1. The highest BCUT2D eigenvalue weighted by Crippen LogP contribution is 2.27. The van der Waals surface area contributed by atoms with Crippen molar-refractivity contribution in [3.8, 4) is 0 Å². The smallest absolute Gasteiger partial charge is 0.150 e. The highest BCUT2D eigenvalue weighted by atomic mass is 15.0. The molecular weight excluding hydrogens is 296 g/mol. The van der Waals surface area contributed by atoms with Gasteiger partial charge in [0.2, 0.25) is 0 Å². The number of H-pyrrole nitrogens is 1. The molecule has 3 rings (SSSR count). The van der Waals surface area contributed by atoms with Crippen LogP contribution in [-0.4, -0.2) is 15.0 Å². The van der Waals surface area contributed by atoms with Gasteiger partial charge in [-0.05, 0) is 30.9 Å². The summed E-state index contributed by atoms with van der Waals surface area (Å²) in [6, 6.07) is 6.55. The number of aromatic amines is 1. The Morgan fingerprint density at radius 1 is 0.958 bits per heavy atom. The van der Waals surface area contributed by atoms with Gasteiger partial charge < -0.3 is 10.7 Å². The molecule has 0 saturated carbocycles. The highest BCUT2D eigenvalue weighted by Gasteiger charge is 2.12. The molecule has 0 unspecified atom stereocenters. The van der Waals surface area contributed by atoms with Crippen LogP contribution in [0.15, 0.2) is 18.2 Å². The van der Waals surface area contributed by atoms with Crippen LogP contribution in [0, 0.1) is 0 Å². The van der Waals surface area contributed by atoms with Gasteiger partial charge in [0.1, 0.15) is 22.7 Å².